The predicted octanol–water partition coefficient (Wildman–Crippen LogP) is 2.54. The fraction of sp³-hybridized carbons (Fsp3) is 0.308. The second kappa shape index (κ2) is 5.01. The molecule has 0 spiro atoms. The molecule has 0 bridgehead atoms. The van der Waals surface area contributed by atoms with Gasteiger partial charge in [-0.1, -0.05) is 0 Å². The first-order valence-corrected chi connectivity index (χ1v) is 5.55. The minimum atomic E-state index is -0.105. The summed E-state index contributed by atoms with van der Waals surface area (Å²) in [5.74, 6) is 1.99. The van der Waals surface area contributed by atoms with Crippen LogP contribution in [-0.4, -0.2) is 16.7 Å². The molecule has 1 aromatic carbocycles. The Morgan fingerprint density at radius 3 is 2.53 bits per heavy atom. The first kappa shape index (κ1) is 11.7. The zero-order valence-corrected chi connectivity index (χ0v) is 9.93. The minimum Gasteiger partial charge on any atom is -0.494 e. The molecule has 0 fully saturated rings. The van der Waals surface area contributed by atoms with Gasteiger partial charge in [-0.2, -0.15) is 0 Å². The molecule has 4 nitrogen and oxygen atoms in total. The van der Waals surface area contributed by atoms with Crippen molar-refractivity contribution in [3.8, 4) is 17.2 Å². The SMILES string of the molecule is CCOc1ccc(-c2nc(CO)c(C)o2)cc1. The van der Waals surface area contributed by atoms with Gasteiger partial charge in [0, 0.05) is 5.56 Å². The fourth-order valence-electron chi connectivity index (χ4n) is 1.56. The monoisotopic (exact) mass is 233 g/mol. The molecule has 0 unspecified atom stereocenters. The maximum atomic E-state index is 9.05. The fourth-order valence-corrected chi connectivity index (χ4v) is 1.56. The highest BCUT2D eigenvalue weighted by Gasteiger charge is 2.10. The number of hydrogen-bond donors (Lipinski definition) is 1. The average molecular weight is 233 g/mol. The van der Waals surface area contributed by atoms with Crippen LogP contribution in [0, 0.1) is 6.92 Å². The van der Waals surface area contributed by atoms with E-state index >= 15 is 0 Å². The van der Waals surface area contributed by atoms with E-state index in [1.807, 2.05) is 31.2 Å². The Morgan fingerprint density at radius 2 is 2.00 bits per heavy atom. The van der Waals surface area contributed by atoms with Crippen LogP contribution in [0.1, 0.15) is 18.4 Å². The largest absolute Gasteiger partial charge is 0.494 e. The summed E-state index contributed by atoms with van der Waals surface area (Å²) in [5.41, 5.74) is 1.45. The zero-order chi connectivity index (χ0) is 12.3. The number of oxazole rings is 1. The van der Waals surface area contributed by atoms with Gasteiger partial charge in [-0.3, -0.25) is 0 Å². The van der Waals surface area contributed by atoms with Crippen LogP contribution < -0.4 is 4.74 Å². The van der Waals surface area contributed by atoms with Crippen molar-refractivity contribution in [3.05, 3.63) is 35.7 Å². The van der Waals surface area contributed by atoms with E-state index < -0.39 is 0 Å². The zero-order valence-electron chi connectivity index (χ0n) is 9.93. The van der Waals surface area contributed by atoms with Crippen LogP contribution in [0.2, 0.25) is 0 Å². The van der Waals surface area contributed by atoms with Gasteiger partial charge in [0.25, 0.3) is 0 Å². The first-order valence-electron chi connectivity index (χ1n) is 5.55. The number of aliphatic hydroxyl groups is 1. The highest BCUT2D eigenvalue weighted by molar-refractivity contribution is 5.55. The van der Waals surface area contributed by atoms with Crippen molar-refractivity contribution in [2.24, 2.45) is 0 Å². The van der Waals surface area contributed by atoms with E-state index in [2.05, 4.69) is 4.98 Å². The highest BCUT2D eigenvalue weighted by Crippen LogP contribution is 2.24. The van der Waals surface area contributed by atoms with Crippen LogP contribution in [0.3, 0.4) is 0 Å². The van der Waals surface area contributed by atoms with Gasteiger partial charge in [-0.15, -0.1) is 0 Å². The Morgan fingerprint density at radius 1 is 1.29 bits per heavy atom. The Labute approximate surface area is 99.9 Å². The summed E-state index contributed by atoms with van der Waals surface area (Å²) >= 11 is 0. The molecule has 2 aromatic rings. The van der Waals surface area contributed by atoms with Crippen LogP contribution in [-0.2, 0) is 6.61 Å². The van der Waals surface area contributed by atoms with Crippen molar-refractivity contribution >= 4 is 0 Å². The molecule has 2 rings (SSSR count). The lowest BCUT2D eigenvalue weighted by Crippen LogP contribution is -1.90. The minimum absolute atomic E-state index is 0.105. The Kier molecular flexibility index (Phi) is 3.44. The lowest BCUT2D eigenvalue weighted by molar-refractivity contribution is 0.275. The van der Waals surface area contributed by atoms with Crippen LogP contribution in [0.5, 0.6) is 5.75 Å². The molecule has 0 radical (unpaired) electrons. The Hall–Kier alpha value is -1.81. The van der Waals surface area contributed by atoms with E-state index in [-0.39, 0.29) is 6.61 Å². The topological polar surface area (TPSA) is 55.5 Å². The van der Waals surface area contributed by atoms with Gasteiger partial charge in [0.15, 0.2) is 0 Å². The molecule has 0 aliphatic carbocycles. The molecule has 1 heterocycles. The van der Waals surface area contributed by atoms with Gasteiger partial charge in [0.2, 0.25) is 5.89 Å². The van der Waals surface area contributed by atoms with Gasteiger partial charge in [0.1, 0.15) is 17.2 Å². The summed E-state index contributed by atoms with van der Waals surface area (Å²) in [6.45, 7) is 4.27. The second-order valence-electron chi connectivity index (χ2n) is 3.64. The van der Waals surface area contributed by atoms with Gasteiger partial charge in [-0.05, 0) is 38.1 Å². The highest BCUT2D eigenvalue weighted by atomic mass is 16.5. The molecule has 4 heteroatoms. The molecule has 90 valence electrons. The number of aryl methyl sites for hydroxylation is 1. The molecular weight excluding hydrogens is 218 g/mol. The van der Waals surface area contributed by atoms with Crippen molar-refractivity contribution < 1.29 is 14.3 Å². The third-order valence-corrected chi connectivity index (χ3v) is 2.45. The van der Waals surface area contributed by atoms with Crippen LogP contribution in [0.15, 0.2) is 28.7 Å². The van der Waals surface area contributed by atoms with E-state index in [0.717, 1.165) is 11.3 Å². The van der Waals surface area contributed by atoms with Crippen molar-refractivity contribution in [1.29, 1.82) is 0 Å². The van der Waals surface area contributed by atoms with Crippen molar-refractivity contribution in [2.45, 2.75) is 20.5 Å². The van der Waals surface area contributed by atoms with Gasteiger partial charge < -0.3 is 14.3 Å². The van der Waals surface area contributed by atoms with E-state index in [9.17, 15) is 0 Å². The normalized spacial score (nSPS) is 10.5. The molecule has 1 aromatic heterocycles. The maximum Gasteiger partial charge on any atom is 0.226 e. The predicted molar refractivity (Wildman–Crippen MR) is 63.8 cm³/mol. The Bertz CT molecular complexity index is 488. The number of benzene rings is 1. The summed E-state index contributed by atoms with van der Waals surface area (Å²) in [6.07, 6.45) is 0. The molecule has 0 atom stereocenters. The molecule has 1 N–H and O–H groups in total. The lowest BCUT2D eigenvalue weighted by atomic mass is 10.2. The van der Waals surface area contributed by atoms with Crippen molar-refractivity contribution in [3.63, 3.8) is 0 Å². The number of aliphatic hydroxyl groups excluding tert-OH is 1. The molecule has 0 aliphatic rings. The second-order valence-corrected chi connectivity index (χ2v) is 3.64. The van der Waals surface area contributed by atoms with Gasteiger partial charge in [0.05, 0.1) is 13.2 Å². The number of aromatic nitrogens is 1. The van der Waals surface area contributed by atoms with Gasteiger partial charge >= 0.3 is 0 Å². The van der Waals surface area contributed by atoms with E-state index in [1.165, 1.54) is 0 Å². The van der Waals surface area contributed by atoms with Crippen LogP contribution in [0.4, 0.5) is 0 Å². The Balaban J connectivity index is 2.26. The van der Waals surface area contributed by atoms with Crippen LogP contribution in [0.25, 0.3) is 11.5 Å². The van der Waals surface area contributed by atoms with Crippen LogP contribution >= 0.6 is 0 Å². The smallest absolute Gasteiger partial charge is 0.226 e. The summed E-state index contributed by atoms with van der Waals surface area (Å²) in [5, 5.41) is 9.05. The molecule has 0 amide bonds. The third-order valence-electron chi connectivity index (χ3n) is 2.45. The number of hydrogen-bond acceptors (Lipinski definition) is 4. The molecule has 0 saturated heterocycles. The maximum absolute atomic E-state index is 9.05. The molecule has 17 heavy (non-hydrogen) atoms. The lowest BCUT2D eigenvalue weighted by Gasteiger charge is -2.02. The summed E-state index contributed by atoms with van der Waals surface area (Å²) in [4.78, 5) is 4.22. The van der Waals surface area contributed by atoms with E-state index in [1.54, 1.807) is 6.92 Å². The van der Waals surface area contributed by atoms with Gasteiger partial charge in [-0.25, -0.2) is 4.98 Å². The summed E-state index contributed by atoms with van der Waals surface area (Å²) < 4.78 is 10.8. The van der Waals surface area contributed by atoms with E-state index in [4.69, 9.17) is 14.3 Å². The number of nitrogens with zero attached hydrogens (tertiary/aromatic N) is 1. The molecule has 0 aliphatic heterocycles. The number of rotatable bonds is 4. The first-order chi connectivity index (χ1) is 8.24. The third kappa shape index (κ3) is 2.47. The summed E-state index contributed by atoms with van der Waals surface area (Å²) in [6, 6.07) is 7.52. The summed E-state index contributed by atoms with van der Waals surface area (Å²) in [7, 11) is 0. The molecular formula is C13H15NO3. The number of ether oxygens (including phenoxy) is 1. The standard InChI is InChI=1S/C13H15NO3/c1-3-16-11-6-4-10(5-7-11)13-14-12(8-15)9(2)17-13/h4-7,15H,3,8H2,1-2H3. The quantitative estimate of drug-likeness (QED) is 0.881. The van der Waals surface area contributed by atoms with E-state index in [0.29, 0.717) is 24.0 Å². The molecule has 0 saturated carbocycles. The van der Waals surface area contributed by atoms with Crippen molar-refractivity contribution in [1.82, 2.24) is 4.98 Å². The average Bonchev–Trinajstić information content (AvgIpc) is 2.72. The van der Waals surface area contributed by atoms with Crippen molar-refractivity contribution in [2.75, 3.05) is 6.61 Å².